The average Bonchev–Trinajstić information content (AvgIpc) is 2.78. The van der Waals surface area contributed by atoms with Crippen molar-refractivity contribution in [1.29, 1.82) is 0 Å². The van der Waals surface area contributed by atoms with Gasteiger partial charge in [0, 0.05) is 29.3 Å². The second kappa shape index (κ2) is 5.74. The van der Waals surface area contributed by atoms with Crippen LogP contribution in [0.2, 0.25) is 0 Å². The minimum atomic E-state index is -1.46. The second-order valence-corrected chi connectivity index (χ2v) is 4.83. The van der Waals surface area contributed by atoms with Crippen molar-refractivity contribution in [2.45, 2.75) is 6.54 Å². The van der Waals surface area contributed by atoms with E-state index in [9.17, 15) is 4.53 Å². The van der Waals surface area contributed by atoms with Gasteiger partial charge in [-0.1, -0.05) is 10.6 Å². The minimum Gasteiger partial charge on any atom is -0.421 e. The summed E-state index contributed by atoms with van der Waals surface area (Å²) in [6.45, 7) is 4.15. The summed E-state index contributed by atoms with van der Waals surface area (Å²) >= 11 is 1.36. The molecular formula is C9H13BFNO3S. The summed E-state index contributed by atoms with van der Waals surface area (Å²) in [5, 5.41) is 9.13. The standard InChI is InChI=1S/C9H13BFNO3S/c11-15-10(13)9-2-1-8(16-9)7-12-3-5-14-6-4-12/h1-2,13H,3-7H2. The van der Waals surface area contributed by atoms with Crippen molar-refractivity contribution in [3.05, 3.63) is 17.0 Å². The smallest absolute Gasteiger partial charge is 0.421 e. The summed E-state index contributed by atoms with van der Waals surface area (Å²) in [6.07, 6.45) is 0. The van der Waals surface area contributed by atoms with Crippen molar-refractivity contribution >= 4 is 23.2 Å². The van der Waals surface area contributed by atoms with Gasteiger partial charge in [-0.3, -0.25) is 4.90 Å². The molecule has 0 aliphatic carbocycles. The summed E-state index contributed by atoms with van der Waals surface area (Å²) < 4.78 is 17.5. The van der Waals surface area contributed by atoms with Crippen LogP contribution in [0.15, 0.2) is 12.1 Å². The van der Waals surface area contributed by atoms with E-state index in [1.165, 1.54) is 11.3 Å². The third kappa shape index (κ3) is 3.02. The monoisotopic (exact) mass is 245 g/mol. The fraction of sp³-hybridized carbons (Fsp3) is 0.556. The van der Waals surface area contributed by atoms with E-state index in [0.717, 1.165) is 37.7 Å². The molecular weight excluding hydrogens is 232 g/mol. The van der Waals surface area contributed by atoms with Crippen LogP contribution in [0.25, 0.3) is 0 Å². The molecule has 2 heterocycles. The Morgan fingerprint density at radius 1 is 1.50 bits per heavy atom. The van der Waals surface area contributed by atoms with Gasteiger partial charge in [0.05, 0.1) is 13.2 Å². The highest BCUT2D eigenvalue weighted by Gasteiger charge is 2.20. The number of nitrogens with zero attached hydrogens (tertiary/aromatic N) is 1. The molecule has 0 spiro atoms. The zero-order valence-electron chi connectivity index (χ0n) is 8.76. The topological polar surface area (TPSA) is 41.9 Å². The van der Waals surface area contributed by atoms with E-state index >= 15 is 0 Å². The van der Waals surface area contributed by atoms with Crippen molar-refractivity contribution in [3.8, 4) is 0 Å². The third-order valence-corrected chi connectivity index (χ3v) is 3.59. The predicted octanol–water partition coefficient (Wildman–Crippen LogP) is 0.169. The highest BCUT2D eigenvalue weighted by molar-refractivity contribution is 7.22. The number of ether oxygens (including phenoxy) is 1. The third-order valence-electron chi connectivity index (χ3n) is 2.49. The first-order valence-corrected chi connectivity index (χ1v) is 5.95. The van der Waals surface area contributed by atoms with Gasteiger partial charge >= 0.3 is 7.12 Å². The van der Waals surface area contributed by atoms with Crippen LogP contribution in [-0.4, -0.2) is 43.3 Å². The summed E-state index contributed by atoms with van der Waals surface area (Å²) in [7, 11) is -1.46. The number of hydrogen-bond donors (Lipinski definition) is 1. The molecule has 7 heteroatoms. The molecule has 4 nitrogen and oxygen atoms in total. The van der Waals surface area contributed by atoms with Crippen molar-refractivity contribution in [1.82, 2.24) is 4.90 Å². The lowest BCUT2D eigenvalue weighted by atomic mass is 9.90. The molecule has 1 saturated heterocycles. The number of morpholine rings is 1. The molecule has 1 N–H and O–H groups in total. The van der Waals surface area contributed by atoms with E-state index in [2.05, 4.69) is 9.76 Å². The summed E-state index contributed by atoms with van der Waals surface area (Å²) in [5.41, 5.74) is 0. The van der Waals surface area contributed by atoms with Gasteiger partial charge in [0.1, 0.15) is 0 Å². The summed E-state index contributed by atoms with van der Waals surface area (Å²) in [5.74, 6) is 0. The maximum Gasteiger partial charge on any atom is 0.540 e. The van der Waals surface area contributed by atoms with E-state index in [4.69, 9.17) is 9.76 Å². The maximum atomic E-state index is 11.8. The van der Waals surface area contributed by atoms with Crippen LogP contribution in [0, 0.1) is 0 Å². The Balaban J connectivity index is 1.91. The Bertz CT molecular complexity index is 332. The molecule has 0 bridgehead atoms. The molecule has 2 rings (SSSR count). The lowest BCUT2D eigenvalue weighted by Crippen LogP contribution is -2.35. The number of hydrogen-bond acceptors (Lipinski definition) is 5. The second-order valence-electron chi connectivity index (χ2n) is 3.63. The highest BCUT2D eigenvalue weighted by atomic mass is 32.1. The first-order valence-electron chi connectivity index (χ1n) is 5.14. The van der Waals surface area contributed by atoms with E-state index in [1.54, 1.807) is 6.07 Å². The molecule has 1 aliphatic rings. The Morgan fingerprint density at radius 3 is 2.94 bits per heavy atom. The van der Waals surface area contributed by atoms with E-state index in [1.807, 2.05) is 6.07 Å². The average molecular weight is 245 g/mol. The van der Waals surface area contributed by atoms with E-state index in [0.29, 0.717) is 4.78 Å². The van der Waals surface area contributed by atoms with Gasteiger partial charge in [-0.2, -0.15) is 0 Å². The molecule has 1 fully saturated rings. The molecule has 88 valence electrons. The Morgan fingerprint density at radius 2 is 2.25 bits per heavy atom. The molecule has 1 aromatic rings. The van der Waals surface area contributed by atoms with Crippen LogP contribution in [0.5, 0.6) is 0 Å². The lowest BCUT2D eigenvalue weighted by molar-refractivity contribution is -0.0265. The van der Waals surface area contributed by atoms with Crippen LogP contribution in [0.4, 0.5) is 4.53 Å². The van der Waals surface area contributed by atoms with Crippen LogP contribution in [0.1, 0.15) is 4.88 Å². The van der Waals surface area contributed by atoms with Gasteiger partial charge in [-0.05, 0) is 6.07 Å². The zero-order chi connectivity index (χ0) is 11.4. The van der Waals surface area contributed by atoms with Gasteiger partial charge in [-0.25, -0.2) is 4.86 Å². The normalized spacial score (nSPS) is 17.6. The van der Waals surface area contributed by atoms with E-state index < -0.39 is 7.12 Å². The minimum absolute atomic E-state index is 0.491. The first kappa shape index (κ1) is 12.0. The zero-order valence-corrected chi connectivity index (χ0v) is 9.58. The number of halogens is 1. The molecule has 0 amide bonds. The fourth-order valence-electron chi connectivity index (χ4n) is 1.64. The molecule has 1 aromatic heterocycles. The molecule has 0 saturated carbocycles. The van der Waals surface area contributed by atoms with Crippen LogP contribution < -0.4 is 4.78 Å². The molecule has 16 heavy (non-hydrogen) atoms. The van der Waals surface area contributed by atoms with Crippen LogP contribution >= 0.6 is 11.3 Å². The Labute approximate surface area is 97.6 Å². The largest absolute Gasteiger partial charge is 0.540 e. The fourth-order valence-corrected chi connectivity index (χ4v) is 2.59. The van der Waals surface area contributed by atoms with E-state index in [-0.39, 0.29) is 0 Å². The van der Waals surface area contributed by atoms with Crippen LogP contribution in [0.3, 0.4) is 0 Å². The number of thiophene rings is 1. The van der Waals surface area contributed by atoms with Crippen molar-refractivity contribution in [2.24, 2.45) is 0 Å². The van der Waals surface area contributed by atoms with Gasteiger partial charge in [0.15, 0.2) is 0 Å². The maximum absolute atomic E-state index is 11.8. The number of rotatable bonds is 4. The lowest BCUT2D eigenvalue weighted by Gasteiger charge is -2.25. The van der Waals surface area contributed by atoms with Gasteiger partial charge in [0.2, 0.25) is 0 Å². The summed E-state index contributed by atoms with van der Waals surface area (Å²) in [6, 6.07) is 3.57. The first-order chi connectivity index (χ1) is 7.79. The quantitative estimate of drug-likeness (QED) is 0.768. The van der Waals surface area contributed by atoms with Gasteiger partial charge in [-0.15, -0.1) is 11.3 Å². The molecule has 0 aromatic carbocycles. The molecule has 1 aliphatic heterocycles. The Kier molecular flexibility index (Phi) is 4.31. The predicted molar refractivity (Wildman–Crippen MR) is 60.2 cm³/mol. The van der Waals surface area contributed by atoms with Crippen molar-refractivity contribution in [2.75, 3.05) is 26.3 Å². The molecule has 0 unspecified atom stereocenters. The summed E-state index contributed by atoms with van der Waals surface area (Å²) in [4.78, 5) is 6.73. The highest BCUT2D eigenvalue weighted by Crippen LogP contribution is 2.12. The SMILES string of the molecule is OB(OF)c1ccc(CN2CCOCC2)s1. The van der Waals surface area contributed by atoms with Crippen molar-refractivity contribution in [3.63, 3.8) is 0 Å². The molecule has 0 radical (unpaired) electrons. The van der Waals surface area contributed by atoms with Crippen molar-refractivity contribution < 1.29 is 19.1 Å². The van der Waals surface area contributed by atoms with Crippen LogP contribution in [-0.2, 0) is 16.1 Å². The van der Waals surface area contributed by atoms with Gasteiger partial charge < -0.3 is 9.76 Å². The van der Waals surface area contributed by atoms with Gasteiger partial charge in [0.25, 0.3) is 0 Å². The molecule has 0 atom stereocenters. The Hall–Kier alpha value is -0.465.